The van der Waals surface area contributed by atoms with Gasteiger partial charge in [-0.1, -0.05) is 6.07 Å². The molecular weight excluding hydrogens is 176 g/mol. The Labute approximate surface area is 83.7 Å². The van der Waals surface area contributed by atoms with Crippen molar-refractivity contribution in [2.24, 2.45) is 0 Å². The van der Waals surface area contributed by atoms with Crippen LogP contribution in [-0.2, 0) is 13.1 Å². The van der Waals surface area contributed by atoms with Crippen LogP contribution >= 0.6 is 0 Å². The van der Waals surface area contributed by atoms with Crippen molar-refractivity contribution in [2.75, 3.05) is 14.1 Å². The van der Waals surface area contributed by atoms with E-state index in [-0.39, 0.29) is 5.91 Å². The first kappa shape index (κ1) is 9.21. The molecule has 3 heteroatoms. The number of rotatable bonds is 1. The first-order valence-corrected chi connectivity index (χ1v) is 4.72. The minimum absolute atomic E-state index is 0.0692. The third-order valence-electron chi connectivity index (χ3n) is 2.49. The minimum atomic E-state index is 0.0692. The molecule has 0 radical (unpaired) electrons. The molecule has 1 amide bonds. The van der Waals surface area contributed by atoms with E-state index in [2.05, 4.69) is 5.32 Å². The van der Waals surface area contributed by atoms with Crippen molar-refractivity contribution in [1.82, 2.24) is 10.2 Å². The maximum atomic E-state index is 11.6. The summed E-state index contributed by atoms with van der Waals surface area (Å²) in [6.07, 6.45) is 0. The number of nitrogens with zero attached hydrogens (tertiary/aromatic N) is 1. The monoisotopic (exact) mass is 190 g/mol. The molecule has 1 heterocycles. The predicted octanol–water partition coefficient (Wildman–Crippen LogP) is 0.992. The van der Waals surface area contributed by atoms with Crippen molar-refractivity contribution >= 4 is 5.91 Å². The largest absolute Gasteiger partial charge is 0.345 e. The third kappa shape index (κ3) is 1.51. The van der Waals surface area contributed by atoms with E-state index in [0.29, 0.717) is 0 Å². The Balaban J connectivity index is 2.33. The number of hydrogen-bond acceptors (Lipinski definition) is 2. The maximum Gasteiger partial charge on any atom is 0.253 e. The molecule has 0 saturated heterocycles. The lowest BCUT2D eigenvalue weighted by atomic mass is 10.1. The number of nitrogens with one attached hydrogen (secondary N) is 1. The average molecular weight is 190 g/mol. The Morgan fingerprint density at radius 1 is 1.29 bits per heavy atom. The highest BCUT2D eigenvalue weighted by molar-refractivity contribution is 5.94. The van der Waals surface area contributed by atoms with Crippen LogP contribution < -0.4 is 5.32 Å². The van der Waals surface area contributed by atoms with Crippen LogP contribution in [0.25, 0.3) is 0 Å². The Morgan fingerprint density at radius 2 is 2.00 bits per heavy atom. The van der Waals surface area contributed by atoms with Crippen LogP contribution in [0.5, 0.6) is 0 Å². The van der Waals surface area contributed by atoms with Gasteiger partial charge in [0.1, 0.15) is 0 Å². The van der Waals surface area contributed by atoms with E-state index in [1.807, 2.05) is 18.2 Å². The summed E-state index contributed by atoms with van der Waals surface area (Å²) in [7, 11) is 3.54. The van der Waals surface area contributed by atoms with E-state index in [1.54, 1.807) is 19.0 Å². The Bertz CT molecular complexity index is 372. The van der Waals surface area contributed by atoms with Crippen molar-refractivity contribution in [3.05, 3.63) is 34.9 Å². The van der Waals surface area contributed by atoms with Gasteiger partial charge in [-0.25, -0.2) is 0 Å². The predicted molar refractivity (Wildman–Crippen MR) is 55.0 cm³/mol. The molecule has 0 aliphatic carbocycles. The van der Waals surface area contributed by atoms with Crippen molar-refractivity contribution in [3.63, 3.8) is 0 Å². The summed E-state index contributed by atoms with van der Waals surface area (Å²) in [6.45, 7) is 1.80. The molecule has 0 aromatic heterocycles. The van der Waals surface area contributed by atoms with E-state index in [4.69, 9.17) is 0 Å². The summed E-state index contributed by atoms with van der Waals surface area (Å²) in [4.78, 5) is 13.3. The molecule has 1 aliphatic rings. The third-order valence-corrected chi connectivity index (χ3v) is 2.49. The van der Waals surface area contributed by atoms with Gasteiger partial charge in [0.25, 0.3) is 5.91 Å². The van der Waals surface area contributed by atoms with Crippen LogP contribution in [-0.4, -0.2) is 24.9 Å². The highest BCUT2D eigenvalue weighted by Gasteiger charge is 2.13. The summed E-state index contributed by atoms with van der Waals surface area (Å²) in [6, 6.07) is 5.91. The fourth-order valence-electron chi connectivity index (χ4n) is 1.69. The quantitative estimate of drug-likeness (QED) is 0.716. The standard InChI is InChI=1S/C11H14N2O/c1-13(2)11(14)8-3-4-9-6-12-7-10(9)5-8/h3-5,12H,6-7H2,1-2H3. The molecule has 0 unspecified atom stereocenters. The van der Waals surface area contributed by atoms with E-state index in [1.165, 1.54) is 11.1 Å². The number of hydrogen-bond donors (Lipinski definition) is 1. The van der Waals surface area contributed by atoms with Gasteiger partial charge in [0, 0.05) is 32.7 Å². The van der Waals surface area contributed by atoms with Crippen molar-refractivity contribution in [2.45, 2.75) is 13.1 Å². The molecule has 2 rings (SSSR count). The molecule has 3 nitrogen and oxygen atoms in total. The summed E-state index contributed by atoms with van der Waals surface area (Å²) in [5, 5.41) is 3.26. The van der Waals surface area contributed by atoms with Crippen LogP contribution in [0.15, 0.2) is 18.2 Å². The molecule has 0 saturated carbocycles. The summed E-state index contributed by atoms with van der Waals surface area (Å²) < 4.78 is 0. The topological polar surface area (TPSA) is 32.3 Å². The zero-order chi connectivity index (χ0) is 10.1. The Kier molecular flexibility index (Phi) is 2.25. The van der Waals surface area contributed by atoms with Crippen LogP contribution in [0, 0.1) is 0 Å². The lowest BCUT2D eigenvalue weighted by Gasteiger charge is -2.10. The van der Waals surface area contributed by atoms with Crippen molar-refractivity contribution < 1.29 is 4.79 Å². The Hall–Kier alpha value is -1.35. The van der Waals surface area contributed by atoms with Gasteiger partial charge in [-0.2, -0.15) is 0 Å². The highest BCUT2D eigenvalue weighted by Crippen LogP contribution is 2.17. The number of fused-ring (bicyclic) bond motifs is 1. The first-order valence-electron chi connectivity index (χ1n) is 4.72. The van der Waals surface area contributed by atoms with Gasteiger partial charge in [0.2, 0.25) is 0 Å². The van der Waals surface area contributed by atoms with Crippen molar-refractivity contribution in [3.8, 4) is 0 Å². The second kappa shape index (κ2) is 3.42. The molecule has 0 spiro atoms. The normalized spacial score (nSPS) is 13.9. The number of carbonyl (C=O) groups is 1. The molecule has 74 valence electrons. The van der Waals surface area contributed by atoms with Crippen LogP contribution in [0.4, 0.5) is 0 Å². The molecule has 0 bridgehead atoms. The molecule has 14 heavy (non-hydrogen) atoms. The molecule has 1 aromatic carbocycles. The van der Waals surface area contributed by atoms with Crippen molar-refractivity contribution in [1.29, 1.82) is 0 Å². The fourth-order valence-corrected chi connectivity index (χ4v) is 1.69. The molecule has 1 aromatic rings. The molecule has 1 aliphatic heterocycles. The van der Waals surface area contributed by atoms with Gasteiger partial charge in [-0.15, -0.1) is 0 Å². The lowest BCUT2D eigenvalue weighted by Crippen LogP contribution is -2.21. The second-order valence-electron chi connectivity index (χ2n) is 3.79. The zero-order valence-electron chi connectivity index (χ0n) is 8.50. The van der Waals surface area contributed by atoms with Crippen LogP contribution in [0.3, 0.4) is 0 Å². The Morgan fingerprint density at radius 3 is 2.71 bits per heavy atom. The number of carbonyl (C=O) groups excluding carboxylic acids is 1. The van der Waals surface area contributed by atoms with Gasteiger partial charge in [0.05, 0.1) is 0 Å². The fraction of sp³-hybridized carbons (Fsp3) is 0.364. The number of amides is 1. The van der Waals surface area contributed by atoms with E-state index >= 15 is 0 Å². The molecule has 1 N–H and O–H groups in total. The summed E-state index contributed by atoms with van der Waals surface area (Å²) in [5.41, 5.74) is 3.33. The zero-order valence-corrected chi connectivity index (χ0v) is 8.50. The number of benzene rings is 1. The highest BCUT2D eigenvalue weighted by atomic mass is 16.2. The summed E-state index contributed by atoms with van der Waals surface area (Å²) >= 11 is 0. The van der Waals surface area contributed by atoms with Gasteiger partial charge < -0.3 is 10.2 Å². The SMILES string of the molecule is CN(C)C(=O)c1ccc2c(c1)CNC2. The van der Waals surface area contributed by atoms with Gasteiger partial charge in [-0.3, -0.25) is 4.79 Å². The van der Waals surface area contributed by atoms with Gasteiger partial charge >= 0.3 is 0 Å². The smallest absolute Gasteiger partial charge is 0.253 e. The average Bonchev–Trinajstić information content (AvgIpc) is 2.62. The lowest BCUT2D eigenvalue weighted by molar-refractivity contribution is 0.0827. The molecular formula is C11H14N2O. The molecule has 0 fully saturated rings. The van der Waals surface area contributed by atoms with Crippen LogP contribution in [0.1, 0.15) is 21.5 Å². The van der Waals surface area contributed by atoms with E-state index < -0.39 is 0 Å². The van der Waals surface area contributed by atoms with Gasteiger partial charge in [-0.05, 0) is 23.3 Å². The summed E-state index contributed by atoms with van der Waals surface area (Å²) in [5.74, 6) is 0.0692. The van der Waals surface area contributed by atoms with Gasteiger partial charge in [0.15, 0.2) is 0 Å². The first-order chi connectivity index (χ1) is 6.68. The van der Waals surface area contributed by atoms with Crippen LogP contribution in [0.2, 0.25) is 0 Å². The molecule has 0 atom stereocenters. The van der Waals surface area contributed by atoms with E-state index in [9.17, 15) is 4.79 Å². The minimum Gasteiger partial charge on any atom is -0.345 e. The van der Waals surface area contributed by atoms with E-state index in [0.717, 1.165) is 18.7 Å². The second-order valence-corrected chi connectivity index (χ2v) is 3.79. The maximum absolute atomic E-state index is 11.6.